The molecule has 0 radical (unpaired) electrons. The minimum absolute atomic E-state index is 1.10. The van der Waals surface area contributed by atoms with Gasteiger partial charge in [-0.05, 0) is 14.1 Å². The quantitative estimate of drug-likeness (QED) is 0.477. The summed E-state index contributed by atoms with van der Waals surface area (Å²) in [4.78, 5) is 1.10. The van der Waals surface area contributed by atoms with E-state index in [4.69, 9.17) is 17.1 Å². The smallest absolute Gasteiger partial charge is 0.0449 e. The molecule has 6 heavy (non-hydrogen) atoms. The van der Waals surface area contributed by atoms with Crippen molar-refractivity contribution in [1.82, 2.24) is 4.90 Å². The van der Waals surface area contributed by atoms with Crippen LogP contribution in [0.1, 0.15) is 5.48 Å². The van der Waals surface area contributed by atoms with Crippen LogP contribution >= 0.6 is 11.6 Å². The summed E-state index contributed by atoms with van der Waals surface area (Å²) in [5.41, 5.74) is 0. The predicted molar refractivity (Wildman–Crippen MR) is 29.3 cm³/mol. The van der Waals surface area contributed by atoms with Crippen LogP contribution in [0.5, 0.6) is 0 Å². The Bertz CT molecular complexity index is 119. The van der Waals surface area contributed by atoms with Crippen LogP contribution in [-0.2, 0) is 0 Å². The average molecular weight is 112 g/mol. The van der Waals surface area contributed by atoms with Crippen molar-refractivity contribution in [2.24, 2.45) is 0 Å². The Kier molecular flexibility index (Phi) is 1.15. The highest BCUT2D eigenvalue weighted by Crippen LogP contribution is 1.75. The Labute approximate surface area is 49.5 Å². The average Bonchev–Trinajstić information content (AvgIpc) is 1.62. The minimum Gasteiger partial charge on any atom is -0.308 e. The standard InChI is InChI=1S/C4H10ClN/c1-6(2)4-3-5/h3-4H2,1-2H3/i3D2,4D2. The summed E-state index contributed by atoms with van der Waals surface area (Å²) < 4.78 is 28.0. The van der Waals surface area contributed by atoms with Crippen molar-refractivity contribution in [2.45, 2.75) is 0 Å². The molecule has 0 aromatic heterocycles. The largest absolute Gasteiger partial charge is 0.308 e. The predicted octanol–water partition coefficient (Wildman–Crippen LogP) is 0.787. The van der Waals surface area contributed by atoms with E-state index in [0.29, 0.717) is 0 Å². The lowest BCUT2D eigenvalue weighted by Gasteiger charge is -2.02. The third-order valence-electron chi connectivity index (χ3n) is 0.266. The Balaban J connectivity index is 4.40. The van der Waals surface area contributed by atoms with Gasteiger partial charge in [-0.15, -0.1) is 11.6 Å². The van der Waals surface area contributed by atoms with Gasteiger partial charge in [-0.2, -0.15) is 0 Å². The zero-order valence-electron chi connectivity index (χ0n) is 7.83. The molecule has 0 saturated heterocycles. The summed E-state index contributed by atoms with van der Waals surface area (Å²) in [7, 11) is 2.86. The highest BCUT2D eigenvalue weighted by Gasteiger charge is 1.81. The minimum atomic E-state index is -2.35. The third kappa shape index (κ3) is 4.25. The SMILES string of the molecule is [2H]C([2H])(Cl)C([2H])([2H])N(C)C. The monoisotopic (exact) mass is 111 g/mol. The van der Waals surface area contributed by atoms with Crippen LogP contribution in [0.4, 0.5) is 0 Å². The van der Waals surface area contributed by atoms with Gasteiger partial charge >= 0.3 is 0 Å². The zero-order valence-corrected chi connectivity index (χ0v) is 4.58. The Morgan fingerprint density at radius 1 is 1.83 bits per heavy atom. The maximum absolute atomic E-state index is 7.12. The molecule has 0 amide bonds. The molecule has 0 aliphatic heterocycles. The fourth-order valence-electron chi connectivity index (χ4n) is 0.0845. The summed E-state index contributed by atoms with van der Waals surface area (Å²) in [5.74, 6) is -2.35. The van der Waals surface area contributed by atoms with Gasteiger partial charge in [0.15, 0.2) is 0 Å². The summed E-state index contributed by atoms with van der Waals surface area (Å²) >= 11 is 5.14. The second-order valence-electron chi connectivity index (χ2n) is 1.10. The first kappa shape index (κ1) is 2.01. The van der Waals surface area contributed by atoms with Crippen LogP contribution in [0.2, 0.25) is 0 Å². The molecule has 0 spiro atoms. The number of hydrogen-bond donors (Lipinski definition) is 0. The van der Waals surface area contributed by atoms with Gasteiger partial charge in [0.2, 0.25) is 0 Å². The van der Waals surface area contributed by atoms with Crippen molar-refractivity contribution >= 4 is 11.6 Å². The number of alkyl halides is 1. The van der Waals surface area contributed by atoms with Crippen molar-refractivity contribution in [1.29, 1.82) is 0 Å². The molecular formula is C4H10ClN. The van der Waals surface area contributed by atoms with Crippen molar-refractivity contribution in [3.05, 3.63) is 0 Å². The molecule has 0 atom stereocenters. The molecule has 0 unspecified atom stereocenters. The van der Waals surface area contributed by atoms with Crippen molar-refractivity contribution in [2.75, 3.05) is 26.4 Å². The lowest BCUT2D eigenvalue weighted by Crippen LogP contribution is -2.13. The van der Waals surface area contributed by atoms with Gasteiger partial charge in [0.05, 0.1) is 0 Å². The van der Waals surface area contributed by atoms with Gasteiger partial charge in [0.25, 0.3) is 0 Å². The number of rotatable bonds is 2. The number of hydrogen-bond acceptors (Lipinski definition) is 1. The van der Waals surface area contributed by atoms with E-state index in [0.717, 1.165) is 4.90 Å². The molecule has 0 aliphatic carbocycles. The van der Waals surface area contributed by atoms with E-state index in [-0.39, 0.29) is 0 Å². The van der Waals surface area contributed by atoms with Crippen LogP contribution in [0, 0.1) is 0 Å². The Hall–Kier alpha value is 0.250. The lowest BCUT2D eigenvalue weighted by molar-refractivity contribution is 0.436. The fraction of sp³-hybridized carbons (Fsp3) is 1.00. The summed E-state index contributed by atoms with van der Waals surface area (Å²) in [6, 6.07) is 0. The van der Waals surface area contributed by atoms with E-state index >= 15 is 0 Å². The van der Waals surface area contributed by atoms with E-state index in [1.807, 2.05) is 0 Å². The second kappa shape index (κ2) is 3.44. The summed E-state index contributed by atoms with van der Waals surface area (Å²) in [6.07, 6.45) is 0. The van der Waals surface area contributed by atoms with Gasteiger partial charge in [0.1, 0.15) is 0 Å². The van der Waals surface area contributed by atoms with E-state index in [2.05, 4.69) is 0 Å². The van der Waals surface area contributed by atoms with Gasteiger partial charge in [0, 0.05) is 17.8 Å². The van der Waals surface area contributed by atoms with Gasteiger partial charge in [-0.1, -0.05) is 0 Å². The van der Waals surface area contributed by atoms with E-state index in [1.54, 1.807) is 0 Å². The van der Waals surface area contributed by atoms with Crippen LogP contribution in [0.3, 0.4) is 0 Å². The molecule has 0 N–H and O–H groups in total. The van der Waals surface area contributed by atoms with Crippen molar-refractivity contribution < 1.29 is 5.48 Å². The zero-order chi connectivity index (χ0) is 8.58. The highest BCUT2D eigenvalue weighted by atomic mass is 35.5. The molecule has 2 heteroatoms. The second-order valence-corrected chi connectivity index (χ2v) is 1.29. The molecule has 1 nitrogen and oxygen atoms in total. The molecule has 0 saturated carbocycles. The first-order valence-corrected chi connectivity index (χ1v) is 1.93. The number of halogens is 1. The molecule has 38 valence electrons. The molecule has 0 aromatic carbocycles. The molecule has 0 rings (SSSR count). The first-order valence-electron chi connectivity index (χ1n) is 3.56. The van der Waals surface area contributed by atoms with E-state index in [9.17, 15) is 0 Å². The van der Waals surface area contributed by atoms with Crippen LogP contribution in [0.25, 0.3) is 0 Å². The van der Waals surface area contributed by atoms with Crippen molar-refractivity contribution in [3.63, 3.8) is 0 Å². The Morgan fingerprint density at radius 3 is 2.33 bits per heavy atom. The van der Waals surface area contributed by atoms with Crippen LogP contribution in [0.15, 0.2) is 0 Å². The fourth-order valence-corrected chi connectivity index (χ4v) is 0.254. The van der Waals surface area contributed by atoms with Crippen molar-refractivity contribution in [3.8, 4) is 0 Å². The molecule has 0 aromatic rings. The first-order chi connectivity index (χ1) is 4.19. The molecular weight excluding hydrogens is 97.5 g/mol. The maximum atomic E-state index is 7.12. The summed E-state index contributed by atoms with van der Waals surface area (Å²) in [5, 5.41) is 0. The van der Waals surface area contributed by atoms with Gasteiger partial charge in [-0.25, -0.2) is 0 Å². The topological polar surface area (TPSA) is 3.24 Å². The molecule has 0 fully saturated rings. The van der Waals surface area contributed by atoms with E-state index in [1.165, 1.54) is 14.1 Å². The van der Waals surface area contributed by atoms with Gasteiger partial charge < -0.3 is 4.90 Å². The van der Waals surface area contributed by atoms with E-state index < -0.39 is 12.3 Å². The van der Waals surface area contributed by atoms with Crippen LogP contribution < -0.4 is 0 Å². The number of nitrogens with zero attached hydrogens (tertiary/aromatic N) is 1. The maximum Gasteiger partial charge on any atom is 0.0449 e. The summed E-state index contributed by atoms with van der Waals surface area (Å²) in [6.45, 7) is -2.13. The third-order valence-corrected chi connectivity index (χ3v) is 0.350. The highest BCUT2D eigenvalue weighted by molar-refractivity contribution is 6.18. The molecule has 0 aliphatic rings. The molecule has 0 heterocycles. The normalized spacial score (nSPS) is 24.7. The molecule has 0 bridgehead atoms. The van der Waals surface area contributed by atoms with Gasteiger partial charge in [-0.3, -0.25) is 0 Å². The lowest BCUT2D eigenvalue weighted by atomic mass is 10.7. The van der Waals surface area contributed by atoms with Crippen LogP contribution in [-0.4, -0.2) is 31.3 Å². The Morgan fingerprint density at radius 2 is 2.33 bits per heavy atom.